The van der Waals surface area contributed by atoms with Gasteiger partial charge in [-0.1, -0.05) is 0 Å². The molecule has 0 bridgehead atoms. The SMILES string of the molecule is CC(=O)NC1=CC(NC(C)=O)([N+](=O)[O-])CC(NC(C)=O)([N+](=O)[O-])C1Cl. The number of carbonyl (C=O) groups is 3. The molecule has 0 radical (unpaired) electrons. The fourth-order valence-corrected chi connectivity index (χ4v) is 2.93. The molecule has 1 aliphatic rings. The first-order valence-corrected chi connectivity index (χ1v) is 7.31. The monoisotopic (exact) mass is 377 g/mol. The second-order valence-electron chi connectivity index (χ2n) is 5.55. The third kappa shape index (κ3) is 4.02. The molecule has 0 aromatic heterocycles. The number of halogens is 1. The smallest absolute Gasteiger partial charge is 0.327 e. The predicted molar refractivity (Wildman–Crippen MR) is 83.2 cm³/mol. The topological polar surface area (TPSA) is 174 Å². The van der Waals surface area contributed by atoms with E-state index in [1.807, 2.05) is 10.6 Å². The lowest BCUT2D eigenvalue weighted by molar-refractivity contribution is -0.615. The molecule has 0 saturated carbocycles. The summed E-state index contributed by atoms with van der Waals surface area (Å²) in [7, 11) is 0. The second-order valence-corrected chi connectivity index (χ2v) is 5.98. The van der Waals surface area contributed by atoms with Crippen LogP contribution < -0.4 is 16.0 Å². The fourth-order valence-electron chi connectivity index (χ4n) is 2.61. The molecule has 0 aliphatic heterocycles. The molecule has 1 rings (SSSR count). The van der Waals surface area contributed by atoms with Crippen LogP contribution in [0.5, 0.6) is 0 Å². The van der Waals surface area contributed by atoms with Crippen LogP contribution in [0.3, 0.4) is 0 Å². The molecule has 25 heavy (non-hydrogen) atoms. The lowest BCUT2D eigenvalue weighted by atomic mass is 9.83. The van der Waals surface area contributed by atoms with E-state index in [2.05, 4.69) is 5.32 Å². The van der Waals surface area contributed by atoms with Gasteiger partial charge in [0.25, 0.3) is 0 Å². The molecular weight excluding hydrogens is 362 g/mol. The number of rotatable bonds is 5. The fraction of sp³-hybridized carbons (Fsp3) is 0.583. The van der Waals surface area contributed by atoms with E-state index in [4.69, 9.17) is 11.6 Å². The Kier molecular flexibility index (Phi) is 5.69. The summed E-state index contributed by atoms with van der Waals surface area (Å²) in [5.74, 6) is -2.41. The first-order chi connectivity index (χ1) is 11.4. The summed E-state index contributed by atoms with van der Waals surface area (Å²) in [6.45, 7) is 3.02. The van der Waals surface area contributed by atoms with Crippen molar-refractivity contribution in [1.82, 2.24) is 16.0 Å². The Bertz CT molecular complexity index is 681. The maximum absolute atomic E-state index is 11.7. The Hall–Kier alpha value is -2.76. The van der Waals surface area contributed by atoms with Crippen molar-refractivity contribution in [2.75, 3.05) is 0 Å². The minimum atomic E-state index is -2.53. The van der Waals surface area contributed by atoms with Crippen molar-refractivity contribution in [1.29, 1.82) is 0 Å². The highest BCUT2D eigenvalue weighted by atomic mass is 35.5. The van der Waals surface area contributed by atoms with Crippen LogP contribution >= 0.6 is 11.6 Å². The van der Waals surface area contributed by atoms with Crippen LogP contribution in [-0.2, 0) is 14.4 Å². The maximum Gasteiger partial charge on any atom is 0.327 e. The first-order valence-electron chi connectivity index (χ1n) is 6.87. The van der Waals surface area contributed by atoms with E-state index < -0.39 is 50.7 Å². The molecule has 0 aromatic carbocycles. The largest absolute Gasteiger partial charge is 0.328 e. The number of hydrogen-bond donors (Lipinski definition) is 3. The Morgan fingerprint density at radius 1 is 1.08 bits per heavy atom. The molecule has 3 atom stereocenters. The average Bonchev–Trinajstić information content (AvgIpc) is 2.41. The molecule has 0 spiro atoms. The third-order valence-corrected chi connectivity index (χ3v) is 3.98. The Morgan fingerprint density at radius 2 is 1.60 bits per heavy atom. The van der Waals surface area contributed by atoms with Crippen molar-refractivity contribution < 1.29 is 24.2 Å². The van der Waals surface area contributed by atoms with E-state index in [9.17, 15) is 34.6 Å². The van der Waals surface area contributed by atoms with Crippen LogP contribution in [-0.4, -0.2) is 44.3 Å². The number of nitro groups is 2. The predicted octanol–water partition coefficient (Wildman–Crippen LogP) is -0.764. The Balaban J connectivity index is 3.68. The standard InChI is InChI=1S/C12H16ClN5O7/c1-6(19)14-9-4-11(17(22)23,15-7(2)20)5-12(10(9)13,18(24)25)16-8(3)21/h4,10H,5H2,1-3H3,(H,14,19)(H,15,20)(H,16,21). The zero-order valence-electron chi connectivity index (χ0n) is 13.5. The summed E-state index contributed by atoms with van der Waals surface area (Å²) >= 11 is 6.08. The molecule has 3 N–H and O–H groups in total. The summed E-state index contributed by atoms with van der Waals surface area (Å²) in [5.41, 5.74) is -5.36. The number of nitrogens with zero attached hydrogens (tertiary/aromatic N) is 2. The third-order valence-electron chi connectivity index (χ3n) is 3.38. The number of hydrogen-bond acceptors (Lipinski definition) is 7. The molecule has 12 nitrogen and oxygen atoms in total. The van der Waals surface area contributed by atoms with E-state index in [0.717, 1.165) is 26.8 Å². The van der Waals surface area contributed by atoms with Crippen LogP contribution in [0, 0.1) is 20.2 Å². The number of carbonyl (C=O) groups excluding carboxylic acids is 3. The van der Waals surface area contributed by atoms with E-state index in [0.29, 0.717) is 0 Å². The van der Waals surface area contributed by atoms with Crippen LogP contribution in [0.1, 0.15) is 27.2 Å². The lowest BCUT2D eigenvalue weighted by Crippen LogP contribution is -2.71. The van der Waals surface area contributed by atoms with Crippen LogP contribution in [0.25, 0.3) is 0 Å². The zero-order chi connectivity index (χ0) is 19.6. The lowest BCUT2D eigenvalue weighted by Gasteiger charge is -2.39. The van der Waals surface area contributed by atoms with Gasteiger partial charge in [-0.15, -0.1) is 11.6 Å². The molecular formula is C12H16ClN5O7. The van der Waals surface area contributed by atoms with Crippen molar-refractivity contribution in [3.63, 3.8) is 0 Å². The van der Waals surface area contributed by atoms with E-state index in [1.165, 1.54) is 0 Å². The quantitative estimate of drug-likeness (QED) is 0.244. The molecule has 1 aliphatic carbocycles. The van der Waals surface area contributed by atoms with Gasteiger partial charge in [0.05, 0.1) is 15.5 Å². The highest BCUT2D eigenvalue weighted by molar-refractivity contribution is 6.23. The van der Waals surface area contributed by atoms with Gasteiger partial charge in [-0.05, 0) is 0 Å². The van der Waals surface area contributed by atoms with Gasteiger partial charge in [0, 0.05) is 26.8 Å². The number of alkyl halides is 1. The average molecular weight is 378 g/mol. The molecule has 0 saturated heterocycles. The van der Waals surface area contributed by atoms with Crippen LogP contribution in [0.2, 0.25) is 0 Å². The minimum absolute atomic E-state index is 0.378. The first kappa shape index (κ1) is 20.3. The summed E-state index contributed by atoms with van der Waals surface area (Å²) in [5, 5.41) is 27.9. The van der Waals surface area contributed by atoms with Gasteiger partial charge in [-0.3, -0.25) is 45.2 Å². The van der Waals surface area contributed by atoms with Crippen molar-refractivity contribution in [3.05, 3.63) is 32.0 Å². The molecule has 138 valence electrons. The van der Waals surface area contributed by atoms with Crippen molar-refractivity contribution >= 4 is 29.3 Å². The van der Waals surface area contributed by atoms with Crippen molar-refractivity contribution in [3.8, 4) is 0 Å². The van der Waals surface area contributed by atoms with Crippen molar-refractivity contribution in [2.24, 2.45) is 0 Å². The molecule has 13 heteroatoms. The van der Waals surface area contributed by atoms with Crippen LogP contribution in [0.15, 0.2) is 11.8 Å². The summed E-state index contributed by atoms with van der Waals surface area (Å²) in [6, 6.07) is 0. The highest BCUT2D eigenvalue weighted by Crippen LogP contribution is 2.38. The van der Waals surface area contributed by atoms with Gasteiger partial charge in [0.15, 0.2) is 5.38 Å². The van der Waals surface area contributed by atoms with Crippen molar-refractivity contribution in [2.45, 2.75) is 43.9 Å². The van der Waals surface area contributed by atoms with Gasteiger partial charge < -0.3 is 5.32 Å². The van der Waals surface area contributed by atoms with Crippen LogP contribution in [0.4, 0.5) is 0 Å². The normalized spacial score (nSPS) is 28.3. The zero-order valence-corrected chi connectivity index (χ0v) is 14.2. The van der Waals surface area contributed by atoms with Gasteiger partial charge in [0.1, 0.15) is 6.42 Å². The summed E-state index contributed by atoms with van der Waals surface area (Å²) in [4.78, 5) is 55.5. The second kappa shape index (κ2) is 7.01. The molecule has 3 unspecified atom stereocenters. The molecule has 0 aromatic rings. The highest BCUT2D eigenvalue weighted by Gasteiger charge is 2.65. The maximum atomic E-state index is 11.7. The van der Waals surface area contributed by atoms with E-state index >= 15 is 0 Å². The van der Waals surface area contributed by atoms with E-state index in [-0.39, 0.29) is 5.70 Å². The Labute approximate surface area is 146 Å². The molecule has 0 fully saturated rings. The molecule has 3 amide bonds. The summed E-state index contributed by atoms with van der Waals surface area (Å²) < 4.78 is 0. The van der Waals surface area contributed by atoms with Gasteiger partial charge in [-0.25, -0.2) is 0 Å². The molecule has 0 heterocycles. The van der Waals surface area contributed by atoms with E-state index in [1.54, 1.807) is 0 Å². The van der Waals surface area contributed by atoms with Gasteiger partial charge in [-0.2, -0.15) is 0 Å². The Morgan fingerprint density at radius 3 is 1.96 bits per heavy atom. The van der Waals surface area contributed by atoms with Gasteiger partial charge in [0.2, 0.25) is 17.7 Å². The summed E-state index contributed by atoms with van der Waals surface area (Å²) in [6.07, 6.45) is -0.132. The van der Waals surface area contributed by atoms with Gasteiger partial charge >= 0.3 is 11.3 Å². The minimum Gasteiger partial charge on any atom is -0.328 e. The number of nitrogens with one attached hydrogen (secondary N) is 3. The number of amides is 3.